The number of carbonyl (C=O) groups is 1. The maximum Gasteiger partial charge on any atom is 0.314 e. The van der Waals surface area contributed by atoms with E-state index in [1.54, 1.807) is 12.3 Å². The second-order valence-electron chi connectivity index (χ2n) is 6.60. The highest BCUT2D eigenvalue weighted by Gasteiger charge is 2.42. The van der Waals surface area contributed by atoms with Crippen molar-refractivity contribution in [2.24, 2.45) is 5.92 Å². The molecule has 6 nitrogen and oxygen atoms in total. The van der Waals surface area contributed by atoms with Gasteiger partial charge in [0.15, 0.2) is 11.5 Å². The van der Waals surface area contributed by atoms with E-state index >= 15 is 0 Å². The van der Waals surface area contributed by atoms with Gasteiger partial charge in [0.05, 0.1) is 19.4 Å². The van der Waals surface area contributed by atoms with Crippen molar-refractivity contribution in [1.82, 2.24) is 4.90 Å². The molecular weight excluding hydrogens is 346 g/mol. The Morgan fingerprint density at radius 1 is 1.15 bits per heavy atom. The Morgan fingerprint density at radius 2 is 1.93 bits per heavy atom. The molecule has 2 aliphatic heterocycles. The highest BCUT2D eigenvalue weighted by molar-refractivity contribution is 5.78. The summed E-state index contributed by atoms with van der Waals surface area (Å²) < 4.78 is 21.6. The van der Waals surface area contributed by atoms with Crippen LogP contribution >= 0.6 is 0 Å². The quantitative estimate of drug-likeness (QED) is 0.611. The smallest absolute Gasteiger partial charge is 0.314 e. The van der Waals surface area contributed by atoms with Crippen molar-refractivity contribution in [3.63, 3.8) is 0 Å². The van der Waals surface area contributed by atoms with Crippen LogP contribution in [0, 0.1) is 5.92 Å². The van der Waals surface area contributed by atoms with E-state index in [4.69, 9.17) is 18.9 Å². The fourth-order valence-electron chi connectivity index (χ4n) is 3.65. The number of ether oxygens (including phenoxy) is 4. The van der Waals surface area contributed by atoms with Gasteiger partial charge in [0, 0.05) is 12.6 Å². The third-order valence-electron chi connectivity index (χ3n) is 4.91. The predicted octanol–water partition coefficient (Wildman–Crippen LogP) is 3.15. The maximum absolute atomic E-state index is 12.5. The van der Waals surface area contributed by atoms with Crippen molar-refractivity contribution in [3.8, 4) is 17.2 Å². The van der Waals surface area contributed by atoms with Gasteiger partial charge < -0.3 is 18.9 Å². The molecule has 2 atom stereocenters. The van der Waals surface area contributed by atoms with Crippen LogP contribution in [0.4, 0.5) is 0 Å². The Balaban J connectivity index is 1.61. The molecule has 140 valence electrons. The zero-order valence-electron chi connectivity index (χ0n) is 15.3. The molecule has 1 fully saturated rings. The number of esters is 1. The lowest BCUT2D eigenvalue weighted by atomic mass is 9.91. The van der Waals surface area contributed by atoms with Crippen molar-refractivity contribution in [3.05, 3.63) is 65.9 Å². The first-order valence-corrected chi connectivity index (χ1v) is 8.75. The first-order chi connectivity index (χ1) is 13.2. The lowest BCUT2D eigenvalue weighted by molar-refractivity contribution is -0.145. The summed E-state index contributed by atoms with van der Waals surface area (Å²) in [7, 11) is 3.41. The van der Waals surface area contributed by atoms with E-state index in [-0.39, 0.29) is 18.8 Å². The summed E-state index contributed by atoms with van der Waals surface area (Å²) in [6, 6.07) is 15.3. The van der Waals surface area contributed by atoms with Crippen molar-refractivity contribution < 1.29 is 23.7 Å². The molecule has 0 radical (unpaired) electrons. The summed E-state index contributed by atoms with van der Waals surface area (Å²) in [6.07, 6.45) is 1.65. The Morgan fingerprint density at radius 3 is 2.70 bits per heavy atom. The third kappa shape index (κ3) is 3.36. The zero-order chi connectivity index (χ0) is 18.8. The molecule has 0 N–H and O–H groups in total. The van der Waals surface area contributed by atoms with E-state index in [0.29, 0.717) is 23.8 Å². The SMILES string of the molecule is COC(=O)[C@@H]1/C(=C/Oc2ccc3c(c2)OCO3)CN(C)[C@@H]1c1ccccc1. The lowest BCUT2D eigenvalue weighted by Gasteiger charge is -2.23. The van der Waals surface area contributed by atoms with Crippen LogP contribution in [0.2, 0.25) is 0 Å². The van der Waals surface area contributed by atoms with E-state index in [1.807, 2.05) is 49.5 Å². The normalized spacial score (nSPS) is 22.8. The van der Waals surface area contributed by atoms with Crippen LogP contribution in [0.1, 0.15) is 11.6 Å². The standard InChI is InChI=1S/C21H21NO5/c1-22-11-15(12-25-16-8-9-17-18(10-16)27-13-26-17)19(21(23)24-2)20(22)14-6-4-3-5-7-14/h3-10,12,19-20H,11,13H2,1-2H3/b15-12+/t19-,20-/m1/s1. The van der Waals surface area contributed by atoms with Gasteiger partial charge in [0.1, 0.15) is 11.7 Å². The van der Waals surface area contributed by atoms with E-state index in [0.717, 1.165) is 11.1 Å². The number of hydrogen-bond donors (Lipinski definition) is 0. The van der Waals surface area contributed by atoms with Crippen LogP contribution in [-0.2, 0) is 9.53 Å². The number of likely N-dealkylation sites (N-methyl/N-ethyl adjacent to an activating group) is 1. The number of fused-ring (bicyclic) bond motifs is 1. The highest BCUT2D eigenvalue weighted by Crippen LogP contribution is 2.41. The highest BCUT2D eigenvalue weighted by atomic mass is 16.7. The molecule has 1 saturated heterocycles. The fourth-order valence-corrected chi connectivity index (χ4v) is 3.65. The van der Waals surface area contributed by atoms with Gasteiger partial charge in [0.25, 0.3) is 0 Å². The number of carbonyl (C=O) groups excluding carboxylic acids is 1. The second-order valence-corrected chi connectivity index (χ2v) is 6.60. The average molecular weight is 367 g/mol. The zero-order valence-corrected chi connectivity index (χ0v) is 15.3. The monoisotopic (exact) mass is 367 g/mol. The van der Waals surface area contributed by atoms with E-state index < -0.39 is 5.92 Å². The van der Waals surface area contributed by atoms with Crippen LogP contribution in [-0.4, -0.2) is 38.4 Å². The van der Waals surface area contributed by atoms with E-state index in [2.05, 4.69) is 4.90 Å². The number of likely N-dealkylation sites (tertiary alicyclic amines) is 1. The minimum atomic E-state index is -0.420. The largest absolute Gasteiger partial charge is 0.469 e. The molecule has 0 unspecified atom stereocenters. The molecule has 0 aromatic heterocycles. The summed E-state index contributed by atoms with van der Waals surface area (Å²) in [5.74, 6) is 1.29. The first kappa shape index (κ1) is 17.4. The van der Waals surface area contributed by atoms with Crippen molar-refractivity contribution in [1.29, 1.82) is 0 Å². The van der Waals surface area contributed by atoms with Crippen molar-refractivity contribution in [2.45, 2.75) is 6.04 Å². The number of nitrogens with zero attached hydrogens (tertiary/aromatic N) is 1. The number of rotatable bonds is 4. The molecule has 0 aliphatic carbocycles. The maximum atomic E-state index is 12.5. The van der Waals surface area contributed by atoms with E-state index in [9.17, 15) is 4.79 Å². The molecule has 2 aliphatic rings. The van der Waals surface area contributed by atoms with Crippen LogP contribution < -0.4 is 14.2 Å². The molecule has 0 bridgehead atoms. The Hall–Kier alpha value is -2.99. The molecule has 6 heteroatoms. The van der Waals surface area contributed by atoms with Gasteiger partial charge in [-0.1, -0.05) is 30.3 Å². The van der Waals surface area contributed by atoms with Gasteiger partial charge in [-0.05, 0) is 30.3 Å². The average Bonchev–Trinajstić information content (AvgIpc) is 3.29. The van der Waals surface area contributed by atoms with Gasteiger partial charge in [-0.3, -0.25) is 9.69 Å². The van der Waals surface area contributed by atoms with Gasteiger partial charge in [-0.2, -0.15) is 0 Å². The number of benzene rings is 2. The minimum Gasteiger partial charge on any atom is -0.469 e. The van der Waals surface area contributed by atoms with E-state index in [1.165, 1.54) is 7.11 Å². The molecule has 0 amide bonds. The van der Waals surface area contributed by atoms with Gasteiger partial charge in [0.2, 0.25) is 6.79 Å². The Kier molecular flexibility index (Phi) is 4.73. The molecule has 0 spiro atoms. The van der Waals surface area contributed by atoms with Gasteiger partial charge in [-0.15, -0.1) is 0 Å². The van der Waals surface area contributed by atoms with Gasteiger partial charge >= 0.3 is 5.97 Å². The summed E-state index contributed by atoms with van der Waals surface area (Å²) in [4.78, 5) is 14.7. The lowest BCUT2D eigenvalue weighted by Crippen LogP contribution is -2.26. The summed E-state index contributed by atoms with van der Waals surface area (Å²) >= 11 is 0. The van der Waals surface area contributed by atoms with Crippen molar-refractivity contribution in [2.75, 3.05) is 27.5 Å². The number of hydrogen-bond acceptors (Lipinski definition) is 6. The first-order valence-electron chi connectivity index (χ1n) is 8.75. The predicted molar refractivity (Wildman–Crippen MR) is 98.6 cm³/mol. The Labute approximate surface area is 157 Å². The molecule has 4 rings (SSSR count). The minimum absolute atomic E-state index is 0.0924. The van der Waals surface area contributed by atoms with Crippen LogP contribution in [0.25, 0.3) is 0 Å². The van der Waals surface area contributed by atoms with Crippen LogP contribution in [0.5, 0.6) is 17.2 Å². The third-order valence-corrected chi connectivity index (χ3v) is 4.91. The summed E-state index contributed by atoms with van der Waals surface area (Å²) in [5, 5.41) is 0. The van der Waals surface area contributed by atoms with Crippen molar-refractivity contribution >= 4 is 5.97 Å². The fraction of sp³-hybridized carbons (Fsp3) is 0.286. The topological polar surface area (TPSA) is 57.2 Å². The molecule has 27 heavy (non-hydrogen) atoms. The molecule has 2 heterocycles. The second kappa shape index (κ2) is 7.32. The molecule has 0 saturated carbocycles. The summed E-state index contributed by atoms with van der Waals surface area (Å²) in [5.41, 5.74) is 1.94. The van der Waals surface area contributed by atoms with Crippen LogP contribution in [0.15, 0.2) is 60.4 Å². The summed E-state index contributed by atoms with van der Waals surface area (Å²) in [6.45, 7) is 0.831. The molecule has 2 aromatic rings. The molecule has 2 aromatic carbocycles. The number of methoxy groups -OCH3 is 1. The Bertz CT molecular complexity index is 864. The molecular formula is C21H21NO5. The van der Waals surface area contributed by atoms with Crippen LogP contribution in [0.3, 0.4) is 0 Å². The van der Waals surface area contributed by atoms with Gasteiger partial charge in [-0.25, -0.2) is 0 Å².